The topological polar surface area (TPSA) is 39.1 Å². The van der Waals surface area contributed by atoms with Crippen LogP contribution in [0.15, 0.2) is 0 Å². The molecule has 1 aromatic rings. The number of halogens is 3. The highest BCUT2D eigenvalue weighted by Gasteiger charge is 2.27. The van der Waals surface area contributed by atoms with Crippen molar-refractivity contribution in [3.05, 3.63) is 17.0 Å². The number of nitrogens with zero attached hydrogens (tertiary/aromatic N) is 2. The first-order valence-corrected chi connectivity index (χ1v) is 6.12. The van der Waals surface area contributed by atoms with Crippen molar-refractivity contribution in [3.8, 4) is 0 Å². The Hall–Kier alpha value is -1.08. The maximum atomic E-state index is 11.9. The van der Waals surface area contributed by atoms with Gasteiger partial charge in [-0.05, 0) is 27.8 Å². The van der Waals surface area contributed by atoms with E-state index < -0.39 is 12.8 Å². The van der Waals surface area contributed by atoms with E-state index in [0.717, 1.165) is 17.0 Å². The quantitative estimate of drug-likeness (QED) is 0.813. The SMILES string of the molecule is CNC(C)c1c(C)nn(CCOCC(F)(F)F)c1C. The molecule has 4 nitrogen and oxygen atoms in total. The maximum Gasteiger partial charge on any atom is 0.411 e. The van der Waals surface area contributed by atoms with Gasteiger partial charge in [-0.1, -0.05) is 0 Å². The van der Waals surface area contributed by atoms with Crippen LogP contribution in [0.5, 0.6) is 0 Å². The van der Waals surface area contributed by atoms with E-state index in [1.807, 2.05) is 27.8 Å². The average Bonchev–Trinajstić information content (AvgIpc) is 2.58. The monoisotopic (exact) mass is 279 g/mol. The molecule has 1 aromatic heterocycles. The summed E-state index contributed by atoms with van der Waals surface area (Å²) in [6.45, 7) is 4.91. The zero-order valence-electron chi connectivity index (χ0n) is 11.6. The maximum absolute atomic E-state index is 11.9. The summed E-state index contributed by atoms with van der Waals surface area (Å²) in [7, 11) is 1.85. The summed E-state index contributed by atoms with van der Waals surface area (Å²) in [6.07, 6.45) is -4.28. The number of aromatic nitrogens is 2. The Balaban J connectivity index is 2.60. The van der Waals surface area contributed by atoms with E-state index in [-0.39, 0.29) is 12.6 Å². The minimum absolute atomic E-state index is 0.00511. The summed E-state index contributed by atoms with van der Waals surface area (Å²) in [4.78, 5) is 0. The van der Waals surface area contributed by atoms with Crippen LogP contribution in [-0.4, -0.2) is 36.2 Å². The van der Waals surface area contributed by atoms with Crippen molar-refractivity contribution < 1.29 is 17.9 Å². The Morgan fingerprint density at radius 2 is 2.00 bits per heavy atom. The van der Waals surface area contributed by atoms with Crippen molar-refractivity contribution in [3.63, 3.8) is 0 Å². The van der Waals surface area contributed by atoms with Gasteiger partial charge in [0.05, 0.1) is 18.8 Å². The molecule has 1 atom stereocenters. The second-order valence-electron chi connectivity index (χ2n) is 4.49. The summed E-state index contributed by atoms with van der Waals surface area (Å²) in [6, 6.07) is 0.157. The molecule has 0 saturated carbocycles. The fraction of sp³-hybridized carbons (Fsp3) is 0.750. The highest BCUT2D eigenvalue weighted by molar-refractivity contribution is 5.27. The standard InChI is InChI=1S/C12H20F3N3O/c1-8(16-4)11-9(2)17-18(10(11)3)5-6-19-7-12(13,14)15/h8,16H,5-7H2,1-4H3. The first kappa shape index (κ1) is 16.0. The van der Waals surface area contributed by atoms with Crippen LogP contribution < -0.4 is 5.32 Å². The third-order valence-electron chi connectivity index (χ3n) is 3.02. The zero-order chi connectivity index (χ0) is 14.6. The van der Waals surface area contributed by atoms with Crippen molar-refractivity contribution in [2.24, 2.45) is 0 Å². The van der Waals surface area contributed by atoms with Gasteiger partial charge in [-0.15, -0.1) is 0 Å². The van der Waals surface area contributed by atoms with Gasteiger partial charge in [0.25, 0.3) is 0 Å². The summed E-state index contributed by atoms with van der Waals surface area (Å²) >= 11 is 0. The fourth-order valence-corrected chi connectivity index (χ4v) is 2.04. The molecule has 0 saturated heterocycles. The number of rotatable bonds is 6. The van der Waals surface area contributed by atoms with Gasteiger partial charge in [-0.3, -0.25) is 4.68 Å². The number of alkyl halides is 3. The molecule has 0 amide bonds. The van der Waals surface area contributed by atoms with Gasteiger partial charge < -0.3 is 10.1 Å². The summed E-state index contributed by atoms with van der Waals surface area (Å²) in [5.74, 6) is 0. The molecule has 0 aromatic carbocycles. The lowest BCUT2D eigenvalue weighted by Gasteiger charge is -2.12. The van der Waals surface area contributed by atoms with E-state index in [1.165, 1.54) is 0 Å². The predicted octanol–water partition coefficient (Wildman–Crippen LogP) is 2.36. The molecule has 19 heavy (non-hydrogen) atoms. The van der Waals surface area contributed by atoms with Crippen molar-refractivity contribution in [1.29, 1.82) is 0 Å². The number of ether oxygens (including phenoxy) is 1. The lowest BCUT2D eigenvalue weighted by atomic mass is 10.1. The van der Waals surface area contributed by atoms with E-state index >= 15 is 0 Å². The van der Waals surface area contributed by atoms with Gasteiger partial charge in [0.1, 0.15) is 6.61 Å². The lowest BCUT2D eigenvalue weighted by molar-refractivity contribution is -0.174. The largest absolute Gasteiger partial charge is 0.411 e. The minimum atomic E-state index is -4.28. The van der Waals surface area contributed by atoms with Crippen molar-refractivity contribution in [2.45, 2.75) is 39.5 Å². The molecular formula is C12H20F3N3O. The Labute approximate surface area is 110 Å². The third kappa shape index (κ3) is 4.50. The van der Waals surface area contributed by atoms with E-state index in [0.29, 0.717) is 6.54 Å². The van der Waals surface area contributed by atoms with Gasteiger partial charge in [0, 0.05) is 17.3 Å². The molecule has 1 rings (SSSR count). The van der Waals surface area contributed by atoms with Crippen LogP contribution in [0.25, 0.3) is 0 Å². The predicted molar refractivity (Wildman–Crippen MR) is 66.0 cm³/mol. The molecule has 0 aliphatic heterocycles. The molecule has 0 spiro atoms. The van der Waals surface area contributed by atoms with Gasteiger partial charge in [0.15, 0.2) is 0 Å². The van der Waals surface area contributed by atoms with Crippen LogP contribution in [-0.2, 0) is 11.3 Å². The van der Waals surface area contributed by atoms with E-state index in [9.17, 15) is 13.2 Å². The van der Waals surface area contributed by atoms with Crippen LogP contribution in [0, 0.1) is 13.8 Å². The van der Waals surface area contributed by atoms with Crippen LogP contribution in [0.1, 0.15) is 29.9 Å². The number of nitrogens with one attached hydrogen (secondary N) is 1. The van der Waals surface area contributed by atoms with Crippen LogP contribution in [0.3, 0.4) is 0 Å². The van der Waals surface area contributed by atoms with Crippen molar-refractivity contribution >= 4 is 0 Å². The van der Waals surface area contributed by atoms with E-state index in [4.69, 9.17) is 0 Å². The van der Waals surface area contributed by atoms with Crippen LogP contribution >= 0.6 is 0 Å². The first-order chi connectivity index (χ1) is 8.76. The number of aryl methyl sites for hydroxylation is 1. The van der Waals surface area contributed by atoms with Gasteiger partial charge in [-0.25, -0.2) is 0 Å². The van der Waals surface area contributed by atoms with Crippen LogP contribution in [0.4, 0.5) is 13.2 Å². The third-order valence-corrected chi connectivity index (χ3v) is 3.02. The number of hydrogen-bond acceptors (Lipinski definition) is 3. The average molecular weight is 279 g/mol. The molecule has 1 heterocycles. The molecule has 1 unspecified atom stereocenters. The van der Waals surface area contributed by atoms with Gasteiger partial charge in [-0.2, -0.15) is 18.3 Å². The van der Waals surface area contributed by atoms with E-state index in [2.05, 4.69) is 15.2 Å². The minimum Gasteiger partial charge on any atom is -0.370 e. The van der Waals surface area contributed by atoms with E-state index in [1.54, 1.807) is 4.68 Å². The Morgan fingerprint density at radius 1 is 1.37 bits per heavy atom. The Morgan fingerprint density at radius 3 is 2.53 bits per heavy atom. The summed E-state index contributed by atoms with van der Waals surface area (Å²) in [5.41, 5.74) is 2.92. The summed E-state index contributed by atoms with van der Waals surface area (Å²) in [5, 5.41) is 7.46. The first-order valence-electron chi connectivity index (χ1n) is 6.12. The lowest BCUT2D eigenvalue weighted by Crippen LogP contribution is -2.19. The van der Waals surface area contributed by atoms with Gasteiger partial charge in [0.2, 0.25) is 0 Å². The Bertz CT molecular complexity index is 415. The normalized spacial score (nSPS) is 13.8. The molecule has 1 N–H and O–H groups in total. The second-order valence-corrected chi connectivity index (χ2v) is 4.49. The second kappa shape index (κ2) is 6.38. The smallest absolute Gasteiger partial charge is 0.370 e. The molecular weight excluding hydrogens is 259 g/mol. The molecule has 0 fully saturated rings. The molecule has 7 heteroatoms. The number of hydrogen-bond donors (Lipinski definition) is 1. The molecule has 0 aliphatic rings. The summed E-state index contributed by atoms with van der Waals surface area (Å²) < 4.78 is 42.1. The van der Waals surface area contributed by atoms with Gasteiger partial charge >= 0.3 is 6.18 Å². The van der Waals surface area contributed by atoms with Crippen molar-refractivity contribution in [2.75, 3.05) is 20.3 Å². The zero-order valence-corrected chi connectivity index (χ0v) is 11.6. The fourth-order valence-electron chi connectivity index (χ4n) is 2.04. The molecule has 110 valence electrons. The van der Waals surface area contributed by atoms with Crippen LogP contribution in [0.2, 0.25) is 0 Å². The molecule has 0 radical (unpaired) electrons. The Kier molecular flexibility index (Phi) is 5.37. The molecule has 0 aliphatic carbocycles. The van der Waals surface area contributed by atoms with Crippen molar-refractivity contribution in [1.82, 2.24) is 15.1 Å². The highest BCUT2D eigenvalue weighted by atomic mass is 19.4. The molecule has 0 bridgehead atoms. The highest BCUT2D eigenvalue weighted by Crippen LogP contribution is 2.21.